The highest BCUT2D eigenvalue weighted by Crippen LogP contribution is 2.27. The number of benzene rings is 2. The summed E-state index contributed by atoms with van der Waals surface area (Å²) in [5.74, 6) is 0.167. The van der Waals surface area contributed by atoms with Crippen molar-refractivity contribution in [3.05, 3.63) is 42.5 Å². The molecule has 21 heavy (non-hydrogen) atoms. The lowest BCUT2D eigenvalue weighted by Gasteiger charge is -2.16. The van der Waals surface area contributed by atoms with Gasteiger partial charge in [-0.2, -0.15) is 0 Å². The molecule has 2 aromatic carbocycles. The van der Waals surface area contributed by atoms with Crippen LogP contribution in [0.3, 0.4) is 0 Å². The van der Waals surface area contributed by atoms with Crippen LogP contribution >= 0.6 is 11.8 Å². The molecule has 1 fully saturated rings. The molecule has 0 radical (unpaired) electrons. The molecule has 110 valence electrons. The fourth-order valence-corrected chi connectivity index (χ4v) is 3.81. The first-order valence-corrected chi connectivity index (χ1v) is 8.56. The van der Waals surface area contributed by atoms with Crippen molar-refractivity contribution >= 4 is 28.4 Å². The second-order valence-corrected chi connectivity index (χ2v) is 7.17. The van der Waals surface area contributed by atoms with E-state index in [2.05, 4.69) is 35.6 Å². The van der Waals surface area contributed by atoms with E-state index in [-0.39, 0.29) is 11.2 Å². The molecule has 0 heterocycles. The van der Waals surface area contributed by atoms with Crippen LogP contribution in [0.5, 0.6) is 0 Å². The normalized spacial score (nSPS) is 17.0. The molecule has 1 N–H and O–H groups in total. The number of rotatable bonds is 4. The van der Waals surface area contributed by atoms with Gasteiger partial charge in [0.2, 0.25) is 5.91 Å². The van der Waals surface area contributed by atoms with Crippen LogP contribution < -0.4 is 5.32 Å². The Hall–Kier alpha value is -1.48. The summed E-state index contributed by atoms with van der Waals surface area (Å²) < 4.78 is 0. The summed E-state index contributed by atoms with van der Waals surface area (Å²) >= 11 is 1.64. The van der Waals surface area contributed by atoms with Crippen molar-refractivity contribution < 1.29 is 4.79 Å². The van der Waals surface area contributed by atoms with Crippen molar-refractivity contribution in [2.24, 2.45) is 0 Å². The highest BCUT2D eigenvalue weighted by Gasteiger charge is 2.21. The number of carbonyl (C=O) groups excluding carboxylic acids is 1. The minimum absolute atomic E-state index is 0.0493. The molecule has 0 unspecified atom stereocenters. The van der Waals surface area contributed by atoms with Gasteiger partial charge in [0.05, 0.1) is 5.25 Å². The third-order valence-electron chi connectivity index (χ3n) is 4.10. The maximum Gasteiger partial charge on any atom is 0.233 e. The van der Waals surface area contributed by atoms with Crippen LogP contribution in [0.2, 0.25) is 0 Å². The van der Waals surface area contributed by atoms with Gasteiger partial charge in [-0.25, -0.2) is 0 Å². The van der Waals surface area contributed by atoms with E-state index in [1.165, 1.54) is 23.6 Å². The molecule has 2 nitrogen and oxygen atoms in total. The van der Waals surface area contributed by atoms with Crippen LogP contribution in [0.1, 0.15) is 32.6 Å². The van der Waals surface area contributed by atoms with Crippen LogP contribution in [0.4, 0.5) is 0 Å². The zero-order valence-corrected chi connectivity index (χ0v) is 13.2. The predicted octanol–water partition coefficient (Wildman–Crippen LogP) is 4.38. The molecule has 3 rings (SSSR count). The van der Waals surface area contributed by atoms with Gasteiger partial charge in [-0.05, 0) is 42.7 Å². The van der Waals surface area contributed by atoms with Crippen molar-refractivity contribution in [1.82, 2.24) is 5.32 Å². The van der Waals surface area contributed by atoms with Gasteiger partial charge < -0.3 is 5.32 Å². The van der Waals surface area contributed by atoms with Crippen LogP contribution in [0, 0.1) is 0 Å². The lowest BCUT2D eigenvalue weighted by molar-refractivity contribution is -0.120. The summed E-state index contributed by atoms with van der Waals surface area (Å²) in [7, 11) is 0. The van der Waals surface area contributed by atoms with E-state index < -0.39 is 0 Å². The van der Waals surface area contributed by atoms with E-state index in [0.717, 1.165) is 17.7 Å². The quantitative estimate of drug-likeness (QED) is 0.849. The van der Waals surface area contributed by atoms with Crippen LogP contribution in [0.15, 0.2) is 47.4 Å². The number of hydrogen-bond acceptors (Lipinski definition) is 2. The van der Waals surface area contributed by atoms with Gasteiger partial charge in [0.25, 0.3) is 0 Å². The molecule has 0 aromatic heterocycles. The Labute approximate surface area is 130 Å². The number of fused-ring (bicyclic) bond motifs is 1. The Balaban J connectivity index is 1.64. The van der Waals surface area contributed by atoms with Crippen LogP contribution in [-0.2, 0) is 4.79 Å². The molecule has 1 amide bonds. The Morgan fingerprint density at radius 1 is 1.14 bits per heavy atom. The second-order valence-electron chi connectivity index (χ2n) is 5.76. The topological polar surface area (TPSA) is 29.1 Å². The first-order valence-electron chi connectivity index (χ1n) is 7.68. The lowest BCUT2D eigenvalue weighted by atomic mass is 10.1. The molecule has 2 aromatic rings. The molecule has 0 spiro atoms. The highest BCUT2D eigenvalue weighted by atomic mass is 32.2. The van der Waals surface area contributed by atoms with Gasteiger partial charge in [0.1, 0.15) is 0 Å². The number of amides is 1. The minimum atomic E-state index is -0.0493. The first-order chi connectivity index (χ1) is 10.2. The first kappa shape index (κ1) is 14.5. The van der Waals surface area contributed by atoms with E-state index >= 15 is 0 Å². The van der Waals surface area contributed by atoms with E-state index in [9.17, 15) is 4.79 Å². The van der Waals surface area contributed by atoms with Gasteiger partial charge in [-0.1, -0.05) is 43.2 Å². The maximum absolute atomic E-state index is 12.2. The predicted molar refractivity (Wildman–Crippen MR) is 89.7 cm³/mol. The van der Waals surface area contributed by atoms with Crippen molar-refractivity contribution in [2.75, 3.05) is 0 Å². The Bertz CT molecular complexity index is 634. The zero-order valence-electron chi connectivity index (χ0n) is 12.3. The molecule has 1 saturated carbocycles. The third-order valence-corrected chi connectivity index (χ3v) is 5.20. The SMILES string of the molecule is C[C@H](Sc1ccc2ccccc2c1)C(=O)NC1CCCC1. The fourth-order valence-electron chi connectivity index (χ4n) is 2.89. The van der Waals surface area contributed by atoms with Crippen molar-refractivity contribution in [2.45, 2.75) is 48.8 Å². The van der Waals surface area contributed by atoms with E-state index in [1.807, 2.05) is 19.1 Å². The van der Waals surface area contributed by atoms with Crippen LogP contribution in [0.25, 0.3) is 10.8 Å². The molecule has 3 heteroatoms. The molecular weight excluding hydrogens is 278 g/mol. The Morgan fingerprint density at radius 3 is 2.62 bits per heavy atom. The maximum atomic E-state index is 12.2. The summed E-state index contributed by atoms with van der Waals surface area (Å²) in [5.41, 5.74) is 0. The fraction of sp³-hybridized carbons (Fsp3) is 0.389. The van der Waals surface area contributed by atoms with Crippen molar-refractivity contribution in [1.29, 1.82) is 0 Å². The zero-order chi connectivity index (χ0) is 14.7. The molecule has 0 saturated heterocycles. The summed E-state index contributed by atoms with van der Waals surface area (Å²) in [6.07, 6.45) is 4.77. The van der Waals surface area contributed by atoms with Gasteiger partial charge >= 0.3 is 0 Å². The molecule has 1 aliphatic rings. The number of thioether (sulfide) groups is 1. The van der Waals surface area contributed by atoms with Crippen molar-refractivity contribution in [3.63, 3.8) is 0 Å². The van der Waals surface area contributed by atoms with E-state index in [0.29, 0.717) is 6.04 Å². The average Bonchev–Trinajstić information content (AvgIpc) is 3.00. The molecule has 0 aliphatic heterocycles. The van der Waals surface area contributed by atoms with Gasteiger partial charge in [-0.15, -0.1) is 11.8 Å². The summed E-state index contributed by atoms with van der Waals surface area (Å²) in [4.78, 5) is 13.4. The standard InChI is InChI=1S/C18H21NOS/c1-13(18(20)19-16-8-4-5-9-16)21-17-11-10-14-6-2-3-7-15(14)12-17/h2-3,6-7,10-13,16H,4-5,8-9H2,1H3,(H,19,20)/t13-/m0/s1. The smallest absolute Gasteiger partial charge is 0.233 e. The lowest BCUT2D eigenvalue weighted by Crippen LogP contribution is -2.37. The monoisotopic (exact) mass is 299 g/mol. The Morgan fingerprint density at radius 2 is 1.86 bits per heavy atom. The van der Waals surface area contributed by atoms with Gasteiger partial charge in [0.15, 0.2) is 0 Å². The average molecular weight is 299 g/mol. The number of carbonyl (C=O) groups is 1. The molecular formula is C18H21NOS. The molecule has 1 atom stereocenters. The molecule has 0 bridgehead atoms. The second kappa shape index (κ2) is 6.52. The van der Waals surface area contributed by atoms with Crippen molar-refractivity contribution in [3.8, 4) is 0 Å². The van der Waals surface area contributed by atoms with E-state index in [4.69, 9.17) is 0 Å². The highest BCUT2D eigenvalue weighted by molar-refractivity contribution is 8.00. The van der Waals surface area contributed by atoms with Gasteiger partial charge in [-0.3, -0.25) is 4.79 Å². The Kier molecular flexibility index (Phi) is 4.49. The summed E-state index contributed by atoms with van der Waals surface area (Å²) in [6, 6.07) is 15.1. The summed E-state index contributed by atoms with van der Waals surface area (Å²) in [5, 5.41) is 5.60. The molecule has 1 aliphatic carbocycles. The van der Waals surface area contributed by atoms with Crippen LogP contribution in [-0.4, -0.2) is 17.2 Å². The summed E-state index contributed by atoms with van der Waals surface area (Å²) in [6.45, 7) is 1.99. The largest absolute Gasteiger partial charge is 0.352 e. The van der Waals surface area contributed by atoms with E-state index in [1.54, 1.807) is 11.8 Å². The number of hydrogen-bond donors (Lipinski definition) is 1. The third kappa shape index (κ3) is 3.59. The van der Waals surface area contributed by atoms with Gasteiger partial charge in [0, 0.05) is 10.9 Å². The minimum Gasteiger partial charge on any atom is -0.352 e. The number of nitrogens with one attached hydrogen (secondary N) is 1.